The van der Waals surface area contributed by atoms with Crippen molar-refractivity contribution in [2.24, 2.45) is 0 Å². The first kappa shape index (κ1) is 14.0. The average molecular weight is 263 g/mol. The Morgan fingerprint density at radius 2 is 1.95 bits per heavy atom. The molecule has 0 radical (unpaired) electrons. The number of para-hydroxylation sites is 1. The number of carbonyl (C=O) groups is 1. The van der Waals surface area contributed by atoms with Gasteiger partial charge in [0.05, 0.1) is 0 Å². The van der Waals surface area contributed by atoms with Crippen LogP contribution < -0.4 is 10.2 Å². The number of hydrogen-bond acceptors (Lipinski definition) is 2. The van der Waals surface area contributed by atoms with Crippen molar-refractivity contribution in [1.82, 2.24) is 0 Å². The SMILES string of the molecule is Cc1ccccc1NC(=O)C[NH+]1C[C@@H](C)O[C@@H](C)C1. The molecule has 19 heavy (non-hydrogen) atoms. The van der Waals surface area contributed by atoms with Crippen molar-refractivity contribution in [1.29, 1.82) is 0 Å². The molecule has 1 heterocycles. The van der Waals surface area contributed by atoms with Gasteiger partial charge in [-0.1, -0.05) is 18.2 Å². The molecule has 0 aliphatic carbocycles. The fourth-order valence-corrected chi connectivity index (χ4v) is 2.67. The Morgan fingerprint density at radius 1 is 1.32 bits per heavy atom. The monoisotopic (exact) mass is 263 g/mol. The molecule has 0 spiro atoms. The Bertz CT molecular complexity index is 438. The first-order valence-corrected chi connectivity index (χ1v) is 6.89. The van der Waals surface area contributed by atoms with Crippen LogP contribution >= 0.6 is 0 Å². The molecule has 0 saturated carbocycles. The van der Waals surface area contributed by atoms with Crippen LogP contribution in [0.1, 0.15) is 19.4 Å². The predicted molar refractivity (Wildman–Crippen MR) is 75.4 cm³/mol. The van der Waals surface area contributed by atoms with Crippen molar-refractivity contribution in [2.75, 3.05) is 25.0 Å². The van der Waals surface area contributed by atoms with Crippen LogP contribution in [0.4, 0.5) is 5.69 Å². The summed E-state index contributed by atoms with van der Waals surface area (Å²) in [7, 11) is 0. The second kappa shape index (κ2) is 6.17. The van der Waals surface area contributed by atoms with Gasteiger partial charge in [-0.05, 0) is 32.4 Å². The van der Waals surface area contributed by atoms with Gasteiger partial charge in [0.1, 0.15) is 25.3 Å². The summed E-state index contributed by atoms with van der Waals surface area (Å²) in [5, 5.41) is 2.99. The summed E-state index contributed by atoms with van der Waals surface area (Å²) < 4.78 is 5.68. The van der Waals surface area contributed by atoms with Gasteiger partial charge in [0.2, 0.25) is 0 Å². The average Bonchev–Trinajstić information content (AvgIpc) is 2.30. The van der Waals surface area contributed by atoms with E-state index in [1.807, 2.05) is 31.2 Å². The molecule has 4 heteroatoms. The van der Waals surface area contributed by atoms with Crippen molar-refractivity contribution in [2.45, 2.75) is 33.0 Å². The molecule has 0 bridgehead atoms. The standard InChI is InChI=1S/C15H22N2O2/c1-11-6-4-5-7-14(11)16-15(18)10-17-8-12(2)19-13(3)9-17/h4-7,12-13H,8-10H2,1-3H3,(H,16,18)/p+1/t12-,13+. The minimum absolute atomic E-state index is 0.0746. The number of aryl methyl sites for hydroxylation is 1. The Morgan fingerprint density at radius 3 is 2.58 bits per heavy atom. The molecule has 1 aliphatic heterocycles. The molecule has 4 nitrogen and oxygen atoms in total. The summed E-state index contributed by atoms with van der Waals surface area (Å²) in [6.45, 7) is 8.43. The molecule has 2 rings (SSSR count). The lowest BCUT2D eigenvalue weighted by molar-refractivity contribution is -0.907. The highest BCUT2D eigenvalue weighted by Crippen LogP contribution is 2.12. The number of amides is 1. The number of benzene rings is 1. The molecule has 1 saturated heterocycles. The van der Waals surface area contributed by atoms with E-state index < -0.39 is 0 Å². The van der Waals surface area contributed by atoms with Gasteiger partial charge in [-0.2, -0.15) is 0 Å². The molecule has 1 amide bonds. The molecule has 0 aromatic heterocycles. The van der Waals surface area contributed by atoms with E-state index in [1.165, 1.54) is 4.90 Å². The number of morpholine rings is 1. The molecule has 1 unspecified atom stereocenters. The van der Waals surface area contributed by atoms with E-state index in [-0.39, 0.29) is 18.1 Å². The molecule has 1 aliphatic rings. The Balaban J connectivity index is 1.89. The largest absolute Gasteiger partial charge is 0.364 e. The summed E-state index contributed by atoms with van der Waals surface area (Å²) in [6, 6.07) is 7.85. The maximum absolute atomic E-state index is 12.1. The van der Waals surface area contributed by atoms with Crippen LogP contribution in [0.25, 0.3) is 0 Å². The third kappa shape index (κ3) is 4.04. The minimum Gasteiger partial charge on any atom is -0.364 e. The van der Waals surface area contributed by atoms with Crippen LogP contribution in [-0.2, 0) is 9.53 Å². The zero-order valence-corrected chi connectivity index (χ0v) is 11.9. The summed E-state index contributed by atoms with van der Waals surface area (Å²) in [4.78, 5) is 13.4. The van der Waals surface area contributed by atoms with Crippen LogP contribution in [0.15, 0.2) is 24.3 Å². The molecule has 3 atom stereocenters. The van der Waals surface area contributed by atoms with E-state index in [0.29, 0.717) is 6.54 Å². The maximum Gasteiger partial charge on any atom is 0.279 e. The lowest BCUT2D eigenvalue weighted by atomic mass is 10.2. The Kier molecular flexibility index (Phi) is 4.56. The minimum atomic E-state index is 0.0746. The highest BCUT2D eigenvalue weighted by molar-refractivity contribution is 5.92. The van der Waals surface area contributed by atoms with Gasteiger partial charge in [-0.25, -0.2) is 0 Å². The van der Waals surface area contributed by atoms with Gasteiger partial charge in [0.15, 0.2) is 6.54 Å². The third-order valence-corrected chi connectivity index (χ3v) is 3.45. The van der Waals surface area contributed by atoms with Crippen molar-refractivity contribution in [3.8, 4) is 0 Å². The van der Waals surface area contributed by atoms with E-state index in [0.717, 1.165) is 24.3 Å². The normalized spacial score (nSPS) is 27.0. The first-order valence-electron chi connectivity index (χ1n) is 6.89. The van der Waals surface area contributed by atoms with Gasteiger partial charge in [-0.15, -0.1) is 0 Å². The molecule has 1 aromatic carbocycles. The summed E-state index contributed by atoms with van der Waals surface area (Å²) >= 11 is 0. The fraction of sp³-hybridized carbons (Fsp3) is 0.533. The predicted octanol–water partition coefficient (Wildman–Crippen LogP) is 0.626. The summed E-state index contributed by atoms with van der Waals surface area (Å²) in [5.41, 5.74) is 2.00. The van der Waals surface area contributed by atoms with Crippen LogP contribution in [0.3, 0.4) is 0 Å². The van der Waals surface area contributed by atoms with Crippen molar-refractivity contribution in [3.05, 3.63) is 29.8 Å². The number of quaternary nitrogens is 1. The Hall–Kier alpha value is -1.39. The smallest absolute Gasteiger partial charge is 0.279 e. The zero-order valence-electron chi connectivity index (χ0n) is 11.9. The maximum atomic E-state index is 12.1. The van der Waals surface area contributed by atoms with Crippen LogP contribution in [0.2, 0.25) is 0 Å². The first-order chi connectivity index (χ1) is 9.04. The number of ether oxygens (including phenoxy) is 1. The second-order valence-corrected chi connectivity index (χ2v) is 5.46. The fourth-order valence-electron chi connectivity index (χ4n) is 2.67. The molecule has 2 N–H and O–H groups in total. The highest BCUT2D eigenvalue weighted by Gasteiger charge is 2.27. The highest BCUT2D eigenvalue weighted by atomic mass is 16.5. The topological polar surface area (TPSA) is 42.8 Å². The summed E-state index contributed by atoms with van der Waals surface area (Å²) in [6.07, 6.45) is 0.454. The van der Waals surface area contributed by atoms with Gasteiger partial charge in [0, 0.05) is 5.69 Å². The molecular weight excluding hydrogens is 240 g/mol. The molecule has 1 aromatic rings. The van der Waals surface area contributed by atoms with Gasteiger partial charge < -0.3 is 15.0 Å². The van der Waals surface area contributed by atoms with E-state index in [2.05, 4.69) is 19.2 Å². The van der Waals surface area contributed by atoms with Crippen LogP contribution in [-0.4, -0.2) is 37.7 Å². The quantitative estimate of drug-likeness (QED) is 0.840. The number of nitrogens with one attached hydrogen (secondary N) is 2. The van der Waals surface area contributed by atoms with Crippen molar-refractivity contribution in [3.63, 3.8) is 0 Å². The number of carbonyl (C=O) groups excluding carboxylic acids is 1. The van der Waals surface area contributed by atoms with Gasteiger partial charge >= 0.3 is 0 Å². The summed E-state index contributed by atoms with van der Waals surface area (Å²) in [5.74, 6) is 0.0746. The Labute approximate surface area is 114 Å². The van der Waals surface area contributed by atoms with Crippen LogP contribution in [0, 0.1) is 6.92 Å². The lowest BCUT2D eigenvalue weighted by Crippen LogP contribution is -3.16. The molecule has 104 valence electrons. The number of anilines is 1. The van der Waals surface area contributed by atoms with Crippen molar-refractivity contribution >= 4 is 11.6 Å². The molecular formula is C15H23N2O2+. The lowest BCUT2D eigenvalue weighted by Gasteiger charge is -2.31. The molecule has 1 fully saturated rings. The van der Waals surface area contributed by atoms with E-state index in [4.69, 9.17) is 4.74 Å². The van der Waals surface area contributed by atoms with E-state index in [9.17, 15) is 4.79 Å². The van der Waals surface area contributed by atoms with E-state index in [1.54, 1.807) is 0 Å². The van der Waals surface area contributed by atoms with Crippen molar-refractivity contribution < 1.29 is 14.4 Å². The van der Waals surface area contributed by atoms with Gasteiger partial charge in [-0.3, -0.25) is 4.79 Å². The number of rotatable bonds is 3. The van der Waals surface area contributed by atoms with Crippen LogP contribution in [0.5, 0.6) is 0 Å². The van der Waals surface area contributed by atoms with Gasteiger partial charge in [0.25, 0.3) is 5.91 Å². The van der Waals surface area contributed by atoms with E-state index >= 15 is 0 Å². The second-order valence-electron chi connectivity index (χ2n) is 5.46. The number of hydrogen-bond donors (Lipinski definition) is 2. The third-order valence-electron chi connectivity index (χ3n) is 3.45. The zero-order chi connectivity index (χ0) is 13.8.